The maximum atomic E-state index is 13.9. The molecule has 1 aliphatic carbocycles. The molecule has 2 amide bonds. The number of methoxy groups -OCH3 is 1. The Morgan fingerprint density at radius 2 is 1.91 bits per heavy atom. The SMILES string of the molecule is CCCCC(C)C(=O)N(C)[C@@H]1C/C=C/CO[C@H]2C[C@@H](NC[C@@H](O)[C@H](Cc3cc(Cl)cc(Cl)c3)NC1=O)c1cc(OC)ccc12. The smallest absolute Gasteiger partial charge is 0.243 e. The number of amides is 2. The highest BCUT2D eigenvalue weighted by atomic mass is 35.5. The molecule has 0 spiro atoms. The van der Waals surface area contributed by atoms with Gasteiger partial charge in [-0.25, -0.2) is 0 Å². The normalized spacial score (nSPS) is 25.6. The molecule has 0 saturated carbocycles. The number of hydrogen-bond donors (Lipinski definition) is 3. The average molecular weight is 647 g/mol. The molecule has 10 heteroatoms. The molecule has 0 saturated heterocycles. The lowest BCUT2D eigenvalue weighted by molar-refractivity contribution is -0.142. The number of nitrogens with one attached hydrogen (secondary N) is 2. The van der Waals surface area contributed by atoms with Gasteiger partial charge in [-0.2, -0.15) is 0 Å². The van der Waals surface area contributed by atoms with Crippen molar-refractivity contribution < 1.29 is 24.2 Å². The van der Waals surface area contributed by atoms with Crippen LogP contribution in [0.15, 0.2) is 48.6 Å². The van der Waals surface area contributed by atoms with Gasteiger partial charge in [-0.15, -0.1) is 0 Å². The zero-order valence-electron chi connectivity index (χ0n) is 26.0. The van der Waals surface area contributed by atoms with Crippen LogP contribution in [0.4, 0.5) is 0 Å². The Balaban J connectivity index is 1.64. The van der Waals surface area contributed by atoms with Crippen LogP contribution in [-0.2, 0) is 20.7 Å². The van der Waals surface area contributed by atoms with Gasteiger partial charge in [0.1, 0.15) is 11.8 Å². The lowest BCUT2D eigenvalue weighted by Crippen LogP contribution is -2.55. The molecule has 1 aliphatic heterocycles. The highest BCUT2D eigenvalue weighted by molar-refractivity contribution is 6.34. The van der Waals surface area contributed by atoms with E-state index in [9.17, 15) is 14.7 Å². The Hall–Kier alpha value is -2.62. The van der Waals surface area contributed by atoms with Crippen molar-refractivity contribution in [2.75, 3.05) is 27.3 Å². The third-order valence-electron chi connectivity index (χ3n) is 8.66. The number of aliphatic hydroxyl groups is 1. The van der Waals surface area contributed by atoms with Crippen molar-refractivity contribution in [2.24, 2.45) is 5.92 Å². The molecular weight excluding hydrogens is 601 g/mol. The van der Waals surface area contributed by atoms with E-state index >= 15 is 0 Å². The lowest BCUT2D eigenvalue weighted by Gasteiger charge is -2.32. The van der Waals surface area contributed by atoms with Crippen LogP contribution in [0.2, 0.25) is 10.0 Å². The van der Waals surface area contributed by atoms with Crippen LogP contribution >= 0.6 is 23.2 Å². The maximum absolute atomic E-state index is 13.9. The Morgan fingerprint density at radius 1 is 1.16 bits per heavy atom. The molecule has 4 rings (SSSR count). The third-order valence-corrected chi connectivity index (χ3v) is 9.10. The zero-order valence-corrected chi connectivity index (χ0v) is 27.5. The van der Waals surface area contributed by atoms with Gasteiger partial charge in [0.15, 0.2) is 0 Å². The van der Waals surface area contributed by atoms with E-state index in [1.807, 2.05) is 37.3 Å². The summed E-state index contributed by atoms with van der Waals surface area (Å²) in [6.45, 7) is 4.57. The third kappa shape index (κ3) is 8.76. The van der Waals surface area contributed by atoms with Crippen molar-refractivity contribution in [3.8, 4) is 5.75 Å². The van der Waals surface area contributed by atoms with Crippen molar-refractivity contribution in [3.63, 3.8) is 0 Å². The van der Waals surface area contributed by atoms with Gasteiger partial charge in [-0.05, 0) is 72.7 Å². The van der Waals surface area contributed by atoms with Crippen molar-refractivity contribution in [1.82, 2.24) is 15.5 Å². The number of unbranched alkanes of at least 4 members (excludes halogenated alkanes) is 1. The van der Waals surface area contributed by atoms with Gasteiger partial charge >= 0.3 is 0 Å². The van der Waals surface area contributed by atoms with E-state index in [-0.39, 0.29) is 36.4 Å². The molecule has 2 aromatic rings. The minimum Gasteiger partial charge on any atom is -0.497 e. The second-order valence-corrected chi connectivity index (χ2v) is 12.8. The summed E-state index contributed by atoms with van der Waals surface area (Å²) in [5.41, 5.74) is 2.93. The van der Waals surface area contributed by atoms with Gasteiger partial charge in [0.2, 0.25) is 11.8 Å². The molecule has 0 fully saturated rings. The first-order valence-electron chi connectivity index (χ1n) is 15.5. The number of halogens is 2. The molecule has 0 radical (unpaired) electrons. The van der Waals surface area contributed by atoms with Gasteiger partial charge in [-0.1, -0.05) is 68.1 Å². The van der Waals surface area contributed by atoms with Crippen LogP contribution in [0, 0.1) is 5.92 Å². The topological polar surface area (TPSA) is 100 Å². The van der Waals surface area contributed by atoms with Crippen molar-refractivity contribution in [1.29, 1.82) is 0 Å². The van der Waals surface area contributed by atoms with Crippen LogP contribution < -0.4 is 15.4 Å². The molecule has 2 bridgehead atoms. The molecule has 2 aromatic carbocycles. The highest BCUT2D eigenvalue weighted by Gasteiger charge is 2.35. The summed E-state index contributed by atoms with van der Waals surface area (Å²) in [6.07, 6.45) is 6.70. The predicted molar refractivity (Wildman–Crippen MR) is 174 cm³/mol. The Morgan fingerprint density at radius 3 is 2.61 bits per heavy atom. The number of carbonyl (C=O) groups excluding carboxylic acids is 2. The molecule has 6 atom stereocenters. The molecule has 1 unspecified atom stereocenters. The van der Waals surface area contributed by atoms with E-state index in [2.05, 4.69) is 17.6 Å². The van der Waals surface area contributed by atoms with Gasteiger partial charge in [0.05, 0.1) is 32.0 Å². The first kappa shape index (κ1) is 34.3. The monoisotopic (exact) mass is 645 g/mol. The van der Waals surface area contributed by atoms with Crippen molar-refractivity contribution in [3.05, 3.63) is 75.3 Å². The summed E-state index contributed by atoms with van der Waals surface area (Å²) in [5.74, 6) is 0.136. The quantitative estimate of drug-likeness (QED) is 0.314. The number of likely N-dealkylation sites (N-methyl/N-ethyl adjacent to an activating group) is 1. The zero-order chi connectivity index (χ0) is 31.8. The number of fused-ring (bicyclic) bond motifs is 5. The van der Waals surface area contributed by atoms with E-state index in [1.54, 1.807) is 37.3 Å². The Bertz CT molecular complexity index is 1300. The highest BCUT2D eigenvalue weighted by Crippen LogP contribution is 2.42. The largest absolute Gasteiger partial charge is 0.497 e. The number of carbonyl (C=O) groups is 2. The fourth-order valence-electron chi connectivity index (χ4n) is 6.09. The summed E-state index contributed by atoms with van der Waals surface area (Å²) in [6, 6.07) is 9.66. The number of β-amino-alcohol motifs (C(OH)–C–C–N with tert-alkyl or cyclic N) is 1. The van der Waals surface area contributed by atoms with Crippen LogP contribution in [0.3, 0.4) is 0 Å². The Labute approximate surface area is 271 Å². The molecule has 3 N–H and O–H groups in total. The standard InChI is InChI=1S/C34H45Cl2N3O5/c1-5-6-9-21(2)34(42)39(3)30-10-7-8-13-44-32-19-28(27-18-25(43-4)11-12-26(27)32)37-20-31(40)29(38-33(30)41)16-22-14-23(35)17-24(36)15-22/h7-8,11-12,14-15,17-18,21,28-32,37,40H,5-6,9-10,13,16,19-20H2,1-4H3,(H,38,41)/b8-7+/t21?,28-,29+,30-,31-,32+/m1/s1. The number of aliphatic hydroxyl groups excluding tert-OH is 1. The molecule has 44 heavy (non-hydrogen) atoms. The van der Waals surface area contributed by atoms with Gasteiger partial charge < -0.3 is 30.1 Å². The summed E-state index contributed by atoms with van der Waals surface area (Å²) in [4.78, 5) is 28.8. The average Bonchev–Trinajstić information content (AvgIpc) is 3.34. The molecule has 8 nitrogen and oxygen atoms in total. The van der Waals surface area contributed by atoms with E-state index in [0.717, 1.165) is 41.7 Å². The van der Waals surface area contributed by atoms with Crippen molar-refractivity contribution in [2.45, 2.75) is 82.7 Å². The fourth-order valence-corrected chi connectivity index (χ4v) is 6.66. The number of benzene rings is 2. The van der Waals surface area contributed by atoms with Crippen LogP contribution in [0.1, 0.15) is 74.8 Å². The van der Waals surface area contributed by atoms with Crippen LogP contribution in [-0.4, -0.2) is 67.3 Å². The number of ether oxygens (including phenoxy) is 2. The van der Waals surface area contributed by atoms with E-state index in [1.165, 1.54) is 0 Å². The molecule has 2 aliphatic rings. The second-order valence-electron chi connectivity index (χ2n) is 11.9. The maximum Gasteiger partial charge on any atom is 0.243 e. The summed E-state index contributed by atoms with van der Waals surface area (Å²) >= 11 is 12.6. The lowest BCUT2D eigenvalue weighted by atomic mass is 9.98. The minimum absolute atomic E-state index is 0.0769. The first-order chi connectivity index (χ1) is 21.1. The Kier molecular flexibility index (Phi) is 12.5. The molecule has 240 valence electrons. The molecule has 1 heterocycles. The summed E-state index contributed by atoms with van der Waals surface area (Å²) < 4.78 is 11.8. The molecular formula is C34H45Cl2N3O5. The summed E-state index contributed by atoms with van der Waals surface area (Å²) in [5, 5.41) is 19.1. The van der Waals surface area contributed by atoms with E-state index < -0.39 is 18.2 Å². The first-order valence-corrected chi connectivity index (χ1v) is 16.2. The number of hydrogen-bond acceptors (Lipinski definition) is 6. The second kappa shape index (κ2) is 16.1. The van der Waals surface area contributed by atoms with Crippen LogP contribution in [0.25, 0.3) is 0 Å². The van der Waals surface area contributed by atoms with E-state index in [0.29, 0.717) is 35.9 Å². The number of nitrogens with zero attached hydrogens (tertiary/aromatic N) is 1. The summed E-state index contributed by atoms with van der Waals surface area (Å²) in [7, 11) is 3.32. The minimum atomic E-state index is -0.962. The van der Waals surface area contributed by atoms with Gasteiger partial charge in [0, 0.05) is 35.6 Å². The van der Waals surface area contributed by atoms with Gasteiger partial charge in [0.25, 0.3) is 0 Å². The molecule has 0 aromatic heterocycles. The predicted octanol–water partition coefficient (Wildman–Crippen LogP) is 5.80. The van der Waals surface area contributed by atoms with Crippen LogP contribution in [0.5, 0.6) is 5.75 Å². The fraction of sp³-hybridized carbons (Fsp3) is 0.529. The number of rotatable bonds is 8. The van der Waals surface area contributed by atoms with Crippen molar-refractivity contribution >= 4 is 35.0 Å². The van der Waals surface area contributed by atoms with E-state index in [4.69, 9.17) is 32.7 Å². The van der Waals surface area contributed by atoms with Gasteiger partial charge in [-0.3, -0.25) is 9.59 Å².